The lowest BCUT2D eigenvalue weighted by molar-refractivity contribution is -0.119. The van der Waals surface area contributed by atoms with Crippen LogP contribution in [-0.2, 0) is 4.79 Å². The number of carbonyl (C=O) groups excluding carboxylic acids is 1. The minimum absolute atomic E-state index is 0.0198. The second kappa shape index (κ2) is 6.82. The molecule has 0 saturated heterocycles. The zero-order valence-electron chi connectivity index (χ0n) is 13.3. The molecule has 0 bridgehead atoms. The van der Waals surface area contributed by atoms with E-state index in [0.29, 0.717) is 12.2 Å². The van der Waals surface area contributed by atoms with Crippen LogP contribution in [0.3, 0.4) is 0 Å². The van der Waals surface area contributed by atoms with Gasteiger partial charge in [0, 0.05) is 6.54 Å². The second-order valence-corrected chi connectivity index (χ2v) is 5.85. The largest absolute Gasteiger partial charge is 0.368 e. The predicted octanol–water partition coefficient (Wildman–Crippen LogP) is 4.52. The molecule has 4 heteroatoms. The van der Waals surface area contributed by atoms with Crippen LogP contribution >= 0.6 is 0 Å². The quantitative estimate of drug-likeness (QED) is 0.824. The molecule has 1 N–H and O–H groups in total. The lowest BCUT2D eigenvalue weighted by atomic mass is 10.0. The molecule has 1 amide bonds. The number of hydrogen-bond donors (Lipinski definition) is 1. The normalized spacial score (nSPS) is 16.9. The van der Waals surface area contributed by atoms with Gasteiger partial charge in [0.15, 0.2) is 0 Å². The van der Waals surface area contributed by atoms with Crippen LogP contribution in [0.4, 0.5) is 15.8 Å². The van der Waals surface area contributed by atoms with Crippen molar-refractivity contribution in [3.05, 3.63) is 59.9 Å². The van der Waals surface area contributed by atoms with Gasteiger partial charge in [0.1, 0.15) is 11.9 Å². The fourth-order valence-corrected chi connectivity index (χ4v) is 2.97. The molecular formula is C19H21FN2O. The average Bonchev–Trinajstić information content (AvgIpc) is 2.57. The molecule has 120 valence electrons. The van der Waals surface area contributed by atoms with Gasteiger partial charge in [-0.05, 0) is 30.2 Å². The molecule has 1 aliphatic heterocycles. The number of fused-ring (bicyclic) bond motifs is 1. The summed E-state index contributed by atoms with van der Waals surface area (Å²) in [6, 6.07) is 13.7. The third kappa shape index (κ3) is 3.21. The highest BCUT2D eigenvalue weighted by molar-refractivity contribution is 6.05. The standard InChI is InChI=1S/C19H21FN2O/c1-2-3-7-12-22-17-11-10-15(20)13-16(17)21-18(19(22)23)14-8-5-4-6-9-14/h4-6,8-11,13,18,21H,2-3,7,12H2,1H3. The smallest absolute Gasteiger partial charge is 0.254 e. The van der Waals surface area contributed by atoms with Crippen LogP contribution in [0.5, 0.6) is 0 Å². The topological polar surface area (TPSA) is 32.3 Å². The zero-order valence-corrected chi connectivity index (χ0v) is 13.3. The lowest BCUT2D eigenvalue weighted by Crippen LogP contribution is -2.42. The SMILES string of the molecule is CCCCCN1C(=O)C(c2ccccc2)Nc2cc(F)ccc21. The summed E-state index contributed by atoms with van der Waals surface area (Å²) in [6.07, 6.45) is 3.11. The Morgan fingerprint density at radius 1 is 1.13 bits per heavy atom. The molecule has 2 aromatic rings. The molecule has 3 nitrogen and oxygen atoms in total. The Morgan fingerprint density at radius 3 is 2.65 bits per heavy atom. The van der Waals surface area contributed by atoms with Gasteiger partial charge in [-0.1, -0.05) is 50.1 Å². The number of rotatable bonds is 5. The Labute approximate surface area is 136 Å². The van der Waals surface area contributed by atoms with E-state index in [1.807, 2.05) is 30.3 Å². The zero-order chi connectivity index (χ0) is 16.2. The molecule has 0 fully saturated rings. The van der Waals surface area contributed by atoms with E-state index in [0.717, 1.165) is 30.5 Å². The van der Waals surface area contributed by atoms with Crippen LogP contribution in [0.2, 0.25) is 0 Å². The van der Waals surface area contributed by atoms with Crippen LogP contribution in [0.15, 0.2) is 48.5 Å². The Bertz CT molecular complexity index is 687. The van der Waals surface area contributed by atoms with Crippen molar-refractivity contribution >= 4 is 17.3 Å². The van der Waals surface area contributed by atoms with Gasteiger partial charge in [-0.3, -0.25) is 4.79 Å². The van der Waals surface area contributed by atoms with E-state index in [9.17, 15) is 9.18 Å². The maximum absolute atomic E-state index is 13.6. The van der Waals surface area contributed by atoms with E-state index < -0.39 is 6.04 Å². The van der Waals surface area contributed by atoms with Crippen molar-refractivity contribution in [1.29, 1.82) is 0 Å². The molecule has 2 aromatic carbocycles. The van der Waals surface area contributed by atoms with E-state index in [2.05, 4.69) is 12.2 Å². The summed E-state index contributed by atoms with van der Waals surface area (Å²) >= 11 is 0. The van der Waals surface area contributed by atoms with Crippen molar-refractivity contribution in [3.63, 3.8) is 0 Å². The molecule has 1 unspecified atom stereocenters. The summed E-state index contributed by atoms with van der Waals surface area (Å²) in [5.74, 6) is -0.280. The molecule has 1 atom stereocenters. The minimum atomic E-state index is -0.466. The molecule has 0 spiro atoms. The number of benzene rings is 2. The highest BCUT2D eigenvalue weighted by Gasteiger charge is 2.33. The van der Waals surface area contributed by atoms with Gasteiger partial charge >= 0.3 is 0 Å². The van der Waals surface area contributed by atoms with Gasteiger partial charge in [-0.25, -0.2) is 4.39 Å². The molecule has 0 aromatic heterocycles. The van der Waals surface area contributed by atoms with Crippen molar-refractivity contribution in [1.82, 2.24) is 0 Å². The average molecular weight is 312 g/mol. The fraction of sp³-hybridized carbons (Fsp3) is 0.316. The van der Waals surface area contributed by atoms with Gasteiger partial charge in [0.25, 0.3) is 5.91 Å². The molecule has 1 aliphatic rings. The van der Waals surface area contributed by atoms with E-state index in [4.69, 9.17) is 0 Å². The van der Waals surface area contributed by atoms with Gasteiger partial charge in [-0.15, -0.1) is 0 Å². The van der Waals surface area contributed by atoms with Crippen molar-refractivity contribution < 1.29 is 9.18 Å². The van der Waals surface area contributed by atoms with Crippen molar-refractivity contribution in [2.75, 3.05) is 16.8 Å². The third-order valence-corrected chi connectivity index (χ3v) is 4.18. The van der Waals surface area contributed by atoms with Gasteiger partial charge < -0.3 is 10.2 Å². The number of unbranched alkanes of at least 4 members (excludes halogenated alkanes) is 2. The summed E-state index contributed by atoms with van der Waals surface area (Å²) in [4.78, 5) is 14.7. The second-order valence-electron chi connectivity index (χ2n) is 5.85. The molecule has 0 radical (unpaired) electrons. The Balaban J connectivity index is 1.95. The van der Waals surface area contributed by atoms with Crippen molar-refractivity contribution in [2.24, 2.45) is 0 Å². The van der Waals surface area contributed by atoms with E-state index in [1.165, 1.54) is 12.1 Å². The van der Waals surface area contributed by atoms with Crippen LogP contribution in [0, 0.1) is 5.82 Å². The third-order valence-electron chi connectivity index (χ3n) is 4.18. The van der Waals surface area contributed by atoms with Gasteiger partial charge in [0.2, 0.25) is 0 Å². The van der Waals surface area contributed by atoms with Gasteiger partial charge in [0.05, 0.1) is 11.4 Å². The first kappa shape index (κ1) is 15.5. The maximum atomic E-state index is 13.6. The minimum Gasteiger partial charge on any atom is -0.368 e. The van der Waals surface area contributed by atoms with Crippen LogP contribution in [0.1, 0.15) is 37.8 Å². The van der Waals surface area contributed by atoms with E-state index >= 15 is 0 Å². The highest BCUT2D eigenvalue weighted by Crippen LogP contribution is 2.37. The number of hydrogen-bond acceptors (Lipinski definition) is 2. The number of nitrogens with one attached hydrogen (secondary N) is 1. The first-order valence-electron chi connectivity index (χ1n) is 8.13. The molecule has 1 heterocycles. The van der Waals surface area contributed by atoms with Gasteiger partial charge in [-0.2, -0.15) is 0 Å². The predicted molar refractivity (Wildman–Crippen MR) is 91.1 cm³/mol. The number of halogens is 1. The Morgan fingerprint density at radius 2 is 1.91 bits per heavy atom. The lowest BCUT2D eigenvalue weighted by Gasteiger charge is -2.35. The summed E-state index contributed by atoms with van der Waals surface area (Å²) in [5.41, 5.74) is 2.34. The van der Waals surface area contributed by atoms with Crippen molar-refractivity contribution in [3.8, 4) is 0 Å². The fourth-order valence-electron chi connectivity index (χ4n) is 2.97. The molecule has 0 aliphatic carbocycles. The first-order chi connectivity index (χ1) is 11.2. The monoisotopic (exact) mass is 312 g/mol. The molecule has 3 rings (SSSR count). The maximum Gasteiger partial charge on any atom is 0.254 e. The Kier molecular flexibility index (Phi) is 4.60. The van der Waals surface area contributed by atoms with Crippen LogP contribution in [-0.4, -0.2) is 12.5 Å². The highest BCUT2D eigenvalue weighted by atomic mass is 19.1. The number of anilines is 2. The van der Waals surface area contributed by atoms with Crippen LogP contribution < -0.4 is 10.2 Å². The van der Waals surface area contributed by atoms with E-state index in [-0.39, 0.29) is 11.7 Å². The molecular weight excluding hydrogens is 291 g/mol. The summed E-state index contributed by atoms with van der Waals surface area (Å²) in [6.45, 7) is 2.80. The molecule has 23 heavy (non-hydrogen) atoms. The Hall–Kier alpha value is -2.36. The summed E-state index contributed by atoms with van der Waals surface area (Å²) < 4.78 is 13.6. The van der Waals surface area contributed by atoms with E-state index in [1.54, 1.807) is 11.0 Å². The first-order valence-corrected chi connectivity index (χ1v) is 8.13. The number of nitrogens with zero attached hydrogens (tertiary/aromatic N) is 1. The summed E-state index contributed by atoms with van der Waals surface area (Å²) in [7, 11) is 0. The molecule has 0 saturated carbocycles. The summed E-state index contributed by atoms with van der Waals surface area (Å²) in [5, 5.41) is 3.19. The van der Waals surface area contributed by atoms with Crippen molar-refractivity contribution in [2.45, 2.75) is 32.2 Å². The van der Waals surface area contributed by atoms with Crippen LogP contribution in [0.25, 0.3) is 0 Å². The number of carbonyl (C=O) groups is 1. The number of amides is 1.